The van der Waals surface area contributed by atoms with E-state index in [-0.39, 0.29) is 0 Å². The molecule has 0 radical (unpaired) electrons. The largest absolute Gasteiger partial charge is 0.526 e. The molecule has 0 atom stereocenters. The first-order valence-corrected chi connectivity index (χ1v) is 3.86. The Kier molecular flexibility index (Phi) is 6.21. The van der Waals surface area contributed by atoms with E-state index in [9.17, 15) is 9.36 Å². The number of hydrogen-bond acceptors (Lipinski definition) is 4. The molecule has 0 aliphatic rings. The second kappa shape index (κ2) is 5.53. The fourth-order valence-corrected chi connectivity index (χ4v) is 0.502. The molecule has 0 aromatic carbocycles. The van der Waals surface area contributed by atoms with Crippen LogP contribution in [0.4, 0.5) is 4.79 Å². The molecule has 0 spiro atoms. The van der Waals surface area contributed by atoms with Crippen molar-refractivity contribution in [2.75, 3.05) is 0 Å². The summed E-state index contributed by atoms with van der Waals surface area (Å²) < 4.78 is 13.2. The molecule has 8 nitrogen and oxygen atoms in total. The van der Waals surface area contributed by atoms with Crippen LogP contribution < -0.4 is 0 Å². The highest BCUT2D eigenvalue weighted by Gasteiger charge is 2.16. The van der Waals surface area contributed by atoms with Crippen LogP contribution in [0.2, 0.25) is 0 Å². The third kappa shape index (κ3) is 36.6. The molecule has 0 saturated heterocycles. The zero-order valence-electron chi connectivity index (χ0n) is 5.87. The Hall–Kier alpha value is -1.11. The average Bonchev–Trinajstić information content (AvgIpc) is 1.52. The molecule has 0 fully saturated rings. The van der Waals surface area contributed by atoms with Gasteiger partial charge < -0.3 is 14.7 Å². The summed E-state index contributed by atoms with van der Waals surface area (Å²) in [6, 6.07) is 0. The van der Waals surface area contributed by atoms with Crippen molar-refractivity contribution in [2.24, 2.45) is 0 Å². The van der Waals surface area contributed by atoms with Gasteiger partial charge in [-0.2, -0.15) is 0 Å². The van der Waals surface area contributed by atoms with Crippen LogP contribution in [0.1, 0.15) is 6.92 Å². The summed E-state index contributed by atoms with van der Waals surface area (Å²) in [6.07, 6.45) is -1.83. The van der Waals surface area contributed by atoms with Gasteiger partial charge >= 0.3 is 19.9 Å². The van der Waals surface area contributed by atoms with Crippen LogP contribution in [0.3, 0.4) is 0 Å². The second-order valence-electron chi connectivity index (χ2n) is 1.36. The summed E-state index contributed by atoms with van der Waals surface area (Å²) in [5.41, 5.74) is 0. The molecule has 0 aromatic heterocycles. The maximum atomic E-state index is 9.74. The first-order valence-electron chi connectivity index (χ1n) is 2.32. The highest BCUT2D eigenvalue weighted by atomic mass is 31.2. The quantitative estimate of drug-likeness (QED) is 0.430. The Balaban J connectivity index is 0. The summed E-state index contributed by atoms with van der Waals surface area (Å²) in [5.74, 6) is -0.988. The molecule has 0 heterocycles. The zero-order chi connectivity index (χ0) is 10.4. The standard InChI is InChI=1S/C2H5O5P.CH2O3/c1-2(3)7-8(4,5)6;2-1(3)4/h1H3,(H2,4,5,6);(H2,2,3,4). The van der Waals surface area contributed by atoms with Gasteiger partial charge in [0.05, 0.1) is 0 Å². The molecule has 12 heavy (non-hydrogen) atoms. The third-order valence-corrected chi connectivity index (χ3v) is 0.742. The molecular formula is C3H7O8P. The summed E-state index contributed by atoms with van der Waals surface area (Å²) in [6.45, 7) is 0.916. The highest BCUT2D eigenvalue weighted by molar-refractivity contribution is 7.46. The van der Waals surface area contributed by atoms with Gasteiger partial charge in [0, 0.05) is 6.92 Å². The fourth-order valence-electron chi connectivity index (χ4n) is 0.167. The van der Waals surface area contributed by atoms with Gasteiger partial charge in [0.25, 0.3) is 0 Å². The summed E-state index contributed by atoms with van der Waals surface area (Å²) in [7, 11) is -4.57. The van der Waals surface area contributed by atoms with Gasteiger partial charge in [0.1, 0.15) is 0 Å². The van der Waals surface area contributed by atoms with Gasteiger partial charge in [0.2, 0.25) is 0 Å². The Labute approximate surface area is 66.6 Å². The molecule has 0 unspecified atom stereocenters. The average molecular weight is 202 g/mol. The molecule has 9 heteroatoms. The number of carbonyl (C=O) groups excluding carboxylic acids is 1. The van der Waals surface area contributed by atoms with Crippen molar-refractivity contribution < 1.29 is 38.7 Å². The third-order valence-electron chi connectivity index (χ3n) is 0.247. The molecule has 72 valence electrons. The SMILES string of the molecule is CC(=O)OP(=O)(O)O.O=C(O)O. The summed E-state index contributed by atoms with van der Waals surface area (Å²) in [5, 5.41) is 13.9. The maximum absolute atomic E-state index is 9.74. The van der Waals surface area contributed by atoms with E-state index in [1.54, 1.807) is 0 Å². The number of phosphoric ester groups is 1. The van der Waals surface area contributed by atoms with Crippen molar-refractivity contribution in [3.63, 3.8) is 0 Å². The van der Waals surface area contributed by atoms with E-state index in [4.69, 9.17) is 24.8 Å². The van der Waals surface area contributed by atoms with E-state index in [2.05, 4.69) is 4.52 Å². The number of carboxylic acid groups (broad SMARTS) is 2. The highest BCUT2D eigenvalue weighted by Crippen LogP contribution is 2.35. The number of hydrogen-bond donors (Lipinski definition) is 4. The minimum Gasteiger partial charge on any atom is -0.450 e. The molecule has 0 aliphatic heterocycles. The van der Waals surface area contributed by atoms with E-state index in [0.29, 0.717) is 0 Å². The number of rotatable bonds is 1. The van der Waals surface area contributed by atoms with Crippen molar-refractivity contribution >= 4 is 19.9 Å². The Bertz CT molecular complexity index is 198. The lowest BCUT2D eigenvalue weighted by molar-refractivity contribution is -0.133. The predicted molar refractivity (Wildman–Crippen MR) is 34.5 cm³/mol. The molecule has 0 aromatic rings. The van der Waals surface area contributed by atoms with Crippen LogP contribution in [0.5, 0.6) is 0 Å². The van der Waals surface area contributed by atoms with Crippen molar-refractivity contribution in [2.45, 2.75) is 6.92 Å². The van der Waals surface area contributed by atoms with E-state index in [0.717, 1.165) is 6.92 Å². The molecule has 4 N–H and O–H groups in total. The molecule has 0 aliphatic carbocycles. The lowest BCUT2D eigenvalue weighted by Gasteiger charge is -1.98. The van der Waals surface area contributed by atoms with Crippen molar-refractivity contribution in [3.8, 4) is 0 Å². The van der Waals surface area contributed by atoms with E-state index in [1.807, 2.05) is 0 Å². The first-order chi connectivity index (χ1) is 5.15. The predicted octanol–water partition coefficient (Wildman–Crippen LogP) is -0.135. The lowest BCUT2D eigenvalue weighted by Crippen LogP contribution is -1.94. The lowest BCUT2D eigenvalue weighted by atomic mass is 10.9. The molecular weight excluding hydrogens is 195 g/mol. The van der Waals surface area contributed by atoms with Gasteiger partial charge in [-0.3, -0.25) is 14.6 Å². The summed E-state index contributed by atoms with van der Waals surface area (Å²) >= 11 is 0. The monoisotopic (exact) mass is 202 g/mol. The topological polar surface area (TPSA) is 141 Å². The van der Waals surface area contributed by atoms with Crippen molar-refractivity contribution in [1.82, 2.24) is 0 Å². The number of phosphoric acid groups is 1. The molecule has 0 rings (SSSR count). The van der Waals surface area contributed by atoms with Crippen LogP contribution in [0.15, 0.2) is 0 Å². The van der Waals surface area contributed by atoms with E-state index >= 15 is 0 Å². The maximum Gasteiger partial charge on any atom is 0.526 e. The van der Waals surface area contributed by atoms with Gasteiger partial charge in [-0.15, -0.1) is 0 Å². The Morgan fingerprint density at radius 1 is 1.25 bits per heavy atom. The molecule has 0 bridgehead atoms. The van der Waals surface area contributed by atoms with Crippen LogP contribution >= 0.6 is 7.82 Å². The Morgan fingerprint density at radius 3 is 1.50 bits per heavy atom. The van der Waals surface area contributed by atoms with E-state index < -0.39 is 19.9 Å². The van der Waals surface area contributed by atoms with Gasteiger partial charge in [-0.25, -0.2) is 9.36 Å². The van der Waals surface area contributed by atoms with Crippen molar-refractivity contribution in [3.05, 3.63) is 0 Å². The van der Waals surface area contributed by atoms with Crippen molar-refractivity contribution in [1.29, 1.82) is 0 Å². The zero-order valence-corrected chi connectivity index (χ0v) is 6.76. The van der Waals surface area contributed by atoms with Crippen LogP contribution in [0.25, 0.3) is 0 Å². The van der Waals surface area contributed by atoms with Crippen LogP contribution in [0, 0.1) is 0 Å². The first kappa shape index (κ1) is 13.5. The normalized spacial score (nSPS) is 9.25. The van der Waals surface area contributed by atoms with Gasteiger partial charge in [0.15, 0.2) is 0 Å². The number of carbonyl (C=O) groups is 2. The Morgan fingerprint density at radius 2 is 1.50 bits per heavy atom. The minimum atomic E-state index is -4.57. The molecule has 0 amide bonds. The fraction of sp³-hybridized carbons (Fsp3) is 0.333. The van der Waals surface area contributed by atoms with Crippen LogP contribution in [-0.2, 0) is 13.9 Å². The minimum absolute atomic E-state index is 0.916. The van der Waals surface area contributed by atoms with Crippen LogP contribution in [-0.4, -0.2) is 32.1 Å². The van der Waals surface area contributed by atoms with E-state index in [1.165, 1.54) is 0 Å². The van der Waals surface area contributed by atoms with Gasteiger partial charge in [-0.05, 0) is 0 Å². The molecule has 0 saturated carbocycles. The summed E-state index contributed by atoms with van der Waals surface area (Å²) in [4.78, 5) is 34.0. The smallest absolute Gasteiger partial charge is 0.450 e. The second-order valence-corrected chi connectivity index (χ2v) is 2.52. The van der Waals surface area contributed by atoms with Gasteiger partial charge in [-0.1, -0.05) is 0 Å².